The zero-order valence-corrected chi connectivity index (χ0v) is 14.1. The van der Waals surface area contributed by atoms with Gasteiger partial charge < -0.3 is 15.4 Å². The summed E-state index contributed by atoms with van der Waals surface area (Å²) in [5, 5.41) is 6.34. The Labute approximate surface area is 149 Å². The minimum absolute atomic E-state index is 0.314. The van der Waals surface area contributed by atoms with E-state index >= 15 is 0 Å². The number of methoxy groups -OCH3 is 1. The van der Waals surface area contributed by atoms with E-state index in [2.05, 4.69) is 20.6 Å². The molecule has 2 aromatic carbocycles. The SMILES string of the molecule is COc1ccccc1Nc1ncc(C(=O)Nc2cccc(Cl)c2)cn1. The van der Waals surface area contributed by atoms with Gasteiger partial charge in [-0.15, -0.1) is 0 Å². The average molecular weight is 355 g/mol. The lowest BCUT2D eigenvalue weighted by Gasteiger charge is -2.10. The minimum Gasteiger partial charge on any atom is -0.495 e. The summed E-state index contributed by atoms with van der Waals surface area (Å²) in [4.78, 5) is 20.6. The molecule has 3 rings (SSSR count). The number of aromatic nitrogens is 2. The first-order valence-corrected chi connectivity index (χ1v) is 7.82. The summed E-state index contributed by atoms with van der Waals surface area (Å²) < 4.78 is 5.26. The van der Waals surface area contributed by atoms with Gasteiger partial charge in [-0.2, -0.15) is 0 Å². The van der Waals surface area contributed by atoms with Crippen LogP contribution in [0.1, 0.15) is 10.4 Å². The van der Waals surface area contributed by atoms with Gasteiger partial charge in [0.25, 0.3) is 5.91 Å². The molecule has 0 saturated carbocycles. The van der Waals surface area contributed by atoms with E-state index < -0.39 is 0 Å². The molecule has 6 nitrogen and oxygen atoms in total. The topological polar surface area (TPSA) is 76.1 Å². The van der Waals surface area contributed by atoms with Crippen LogP contribution in [-0.2, 0) is 0 Å². The highest BCUT2D eigenvalue weighted by Gasteiger charge is 2.09. The van der Waals surface area contributed by atoms with E-state index in [0.717, 1.165) is 5.69 Å². The largest absolute Gasteiger partial charge is 0.495 e. The number of carbonyl (C=O) groups is 1. The third-order valence-electron chi connectivity index (χ3n) is 3.35. The summed E-state index contributed by atoms with van der Waals surface area (Å²) in [6, 6.07) is 14.3. The van der Waals surface area contributed by atoms with Crippen molar-refractivity contribution in [3.05, 3.63) is 71.5 Å². The number of hydrogen-bond donors (Lipinski definition) is 2. The van der Waals surface area contributed by atoms with Crippen LogP contribution < -0.4 is 15.4 Å². The van der Waals surface area contributed by atoms with Crippen molar-refractivity contribution in [1.82, 2.24) is 9.97 Å². The molecule has 0 bridgehead atoms. The van der Waals surface area contributed by atoms with E-state index in [4.69, 9.17) is 16.3 Å². The molecule has 0 spiro atoms. The van der Waals surface area contributed by atoms with Crippen molar-refractivity contribution < 1.29 is 9.53 Å². The number of para-hydroxylation sites is 2. The molecule has 0 aliphatic heterocycles. The van der Waals surface area contributed by atoms with Crippen molar-refractivity contribution in [2.24, 2.45) is 0 Å². The Bertz CT molecular complexity index is 884. The molecule has 2 N–H and O–H groups in total. The van der Waals surface area contributed by atoms with E-state index in [1.165, 1.54) is 12.4 Å². The van der Waals surface area contributed by atoms with Crippen LogP contribution in [0.4, 0.5) is 17.3 Å². The second-order valence-corrected chi connectivity index (χ2v) is 5.52. The molecule has 1 aromatic heterocycles. The van der Waals surface area contributed by atoms with Gasteiger partial charge in [0.15, 0.2) is 0 Å². The molecule has 126 valence electrons. The van der Waals surface area contributed by atoms with E-state index in [0.29, 0.717) is 28.0 Å². The van der Waals surface area contributed by atoms with Crippen molar-refractivity contribution in [3.8, 4) is 5.75 Å². The van der Waals surface area contributed by atoms with Gasteiger partial charge >= 0.3 is 0 Å². The van der Waals surface area contributed by atoms with E-state index in [-0.39, 0.29) is 5.91 Å². The Morgan fingerprint density at radius 2 is 1.84 bits per heavy atom. The van der Waals surface area contributed by atoms with Crippen molar-refractivity contribution in [2.45, 2.75) is 0 Å². The Morgan fingerprint density at radius 1 is 1.08 bits per heavy atom. The van der Waals surface area contributed by atoms with Gasteiger partial charge in [-0.1, -0.05) is 29.8 Å². The molecule has 0 aliphatic rings. The van der Waals surface area contributed by atoms with Crippen LogP contribution in [0.3, 0.4) is 0 Å². The Balaban J connectivity index is 1.70. The third kappa shape index (κ3) is 4.24. The number of anilines is 3. The van der Waals surface area contributed by atoms with E-state index in [9.17, 15) is 4.79 Å². The lowest BCUT2D eigenvalue weighted by Crippen LogP contribution is -2.13. The lowest BCUT2D eigenvalue weighted by molar-refractivity contribution is 0.102. The number of hydrogen-bond acceptors (Lipinski definition) is 5. The maximum Gasteiger partial charge on any atom is 0.258 e. The number of ether oxygens (including phenoxy) is 1. The van der Waals surface area contributed by atoms with Gasteiger partial charge in [0, 0.05) is 23.1 Å². The molecule has 0 fully saturated rings. The molecular weight excluding hydrogens is 340 g/mol. The summed E-state index contributed by atoms with van der Waals surface area (Å²) in [6.45, 7) is 0. The van der Waals surface area contributed by atoms with Gasteiger partial charge in [0.05, 0.1) is 18.4 Å². The molecule has 25 heavy (non-hydrogen) atoms. The lowest BCUT2D eigenvalue weighted by atomic mass is 10.2. The van der Waals surface area contributed by atoms with Gasteiger partial charge in [0.1, 0.15) is 5.75 Å². The molecule has 1 amide bonds. The van der Waals surface area contributed by atoms with Gasteiger partial charge in [-0.3, -0.25) is 4.79 Å². The molecule has 0 radical (unpaired) electrons. The summed E-state index contributed by atoms with van der Waals surface area (Å²) >= 11 is 5.90. The molecule has 1 heterocycles. The zero-order valence-electron chi connectivity index (χ0n) is 13.4. The first-order valence-electron chi connectivity index (χ1n) is 7.45. The predicted octanol–water partition coefficient (Wildman–Crippen LogP) is 4.13. The highest BCUT2D eigenvalue weighted by Crippen LogP contribution is 2.25. The number of halogens is 1. The second kappa shape index (κ2) is 7.63. The van der Waals surface area contributed by atoms with Gasteiger partial charge in [0.2, 0.25) is 5.95 Å². The summed E-state index contributed by atoms with van der Waals surface area (Å²) in [6.07, 6.45) is 2.90. The Morgan fingerprint density at radius 3 is 2.56 bits per heavy atom. The van der Waals surface area contributed by atoms with E-state index in [1.54, 1.807) is 31.4 Å². The van der Waals surface area contributed by atoms with Crippen LogP contribution in [0.25, 0.3) is 0 Å². The fraction of sp³-hybridized carbons (Fsp3) is 0.0556. The van der Waals surface area contributed by atoms with Crippen LogP contribution in [-0.4, -0.2) is 23.0 Å². The van der Waals surface area contributed by atoms with Gasteiger partial charge in [-0.05, 0) is 30.3 Å². The maximum atomic E-state index is 12.2. The molecule has 3 aromatic rings. The fourth-order valence-corrected chi connectivity index (χ4v) is 2.34. The monoisotopic (exact) mass is 354 g/mol. The highest BCUT2D eigenvalue weighted by atomic mass is 35.5. The van der Waals surface area contributed by atoms with Crippen LogP contribution >= 0.6 is 11.6 Å². The summed E-state index contributed by atoms with van der Waals surface area (Å²) in [7, 11) is 1.59. The standard InChI is InChI=1S/C18H15ClN4O2/c1-25-16-8-3-2-7-15(16)23-18-20-10-12(11-21-18)17(24)22-14-6-4-5-13(19)9-14/h2-11H,1H3,(H,22,24)(H,20,21,23). The highest BCUT2D eigenvalue weighted by molar-refractivity contribution is 6.30. The quantitative estimate of drug-likeness (QED) is 0.720. The third-order valence-corrected chi connectivity index (χ3v) is 3.59. The number of benzene rings is 2. The van der Waals surface area contributed by atoms with Crippen molar-refractivity contribution in [3.63, 3.8) is 0 Å². The molecular formula is C18H15ClN4O2. The number of carbonyl (C=O) groups excluding carboxylic acids is 1. The van der Waals surface area contributed by atoms with Crippen molar-refractivity contribution in [1.29, 1.82) is 0 Å². The Kier molecular flexibility index (Phi) is 5.11. The van der Waals surface area contributed by atoms with Crippen LogP contribution in [0, 0.1) is 0 Å². The van der Waals surface area contributed by atoms with Crippen LogP contribution in [0.5, 0.6) is 5.75 Å². The molecule has 0 atom stereocenters. The number of amides is 1. The van der Waals surface area contributed by atoms with Gasteiger partial charge in [-0.25, -0.2) is 9.97 Å². The van der Waals surface area contributed by atoms with Crippen molar-refractivity contribution >= 4 is 34.8 Å². The number of nitrogens with zero attached hydrogens (tertiary/aromatic N) is 2. The summed E-state index contributed by atoms with van der Waals surface area (Å²) in [5.41, 5.74) is 1.68. The van der Waals surface area contributed by atoms with Crippen LogP contribution in [0.2, 0.25) is 5.02 Å². The van der Waals surface area contributed by atoms with E-state index in [1.807, 2.05) is 24.3 Å². The number of nitrogens with one attached hydrogen (secondary N) is 2. The number of rotatable bonds is 5. The molecule has 0 aliphatic carbocycles. The minimum atomic E-state index is -0.314. The van der Waals surface area contributed by atoms with Crippen molar-refractivity contribution in [2.75, 3.05) is 17.7 Å². The van der Waals surface area contributed by atoms with Crippen LogP contribution in [0.15, 0.2) is 60.9 Å². The first kappa shape index (κ1) is 16.7. The predicted molar refractivity (Wildman–Crippen MR) is 97.7 cm³/mol. The Hall–Kier alpha value is -3.12. The summed E-state index contributed by atoms with van der Waals surface area (Å²) in [5.74, 6) is 0.726. The average Bonchev–Trinajstić information content (AvgIpc) is 2.63. The molecule has 0 saturated heterocycles. The maximum absolute atomic E-state index is 12.2. The first-order chi connectivity index (χ1) is 12.2. The normalized spacial score (nSPS) is 10.2. The smallest absolute Gasteiger partial charge is 0.258 e. The second-order valence-electron chi connectivity index (χ2n) is 5.09. The fourth-order valence-electron chi connectivity index (χ4n) is 2.15. The molecule has 0 unspecified atom stereocenters. The zero-order chi connectivity index (χ0) is 17.6. The molecule has 7 heteroatoms.